The molecule has 1 rings (SSSR count). The molecule has 1 heterocycles. The average molecular weight is 211 g/mol. The number of hydrogen-bond acceptors (Lipinski definition) is 2. The first-order valence-corrected chi connectivity index (χ1v) is 6.75. The van der Waals surface area contributed by atoms with E-state index in [1.165, 1.54) is 30.8 Å². The summed E-state index contributed by atoms with van der Waals surface area (Å²) in [7, 11) is 0. The van der Waals surface area contributed by atoms with E-state index in [9.17, 15) is 0 Å². The van der Waals surface area contributed by atoms with E-state index in [2.05, 4.69) is 17.7 Å². The lowest BCUT2D eigenvalue weighted by Crippen LogP contribution is -2.25. The number of nitrogens with two attached hydrogens (primary N) is 1. The van der Waals surface area contributed by atoms with Gasteiger partial charge in [-0.3, -0.25) is 0 Å². The van der Waals surface area contributed by atoms with Crippen LogP contribution in [-0.2, 0) is 0 Å². The van der Waals surface area contributed by atoms with Crippen molar-refractivity contribution >= 4 is 11.8 Å². The first kappa shape index (κ1) is 11.9. The normalized spacial score (nSPS) is 20.3. The fraction of sp³-hybridized carbons (Fsp3) is 0.833. The van der Waals surface area contributed by atoms with Gasteiger partial charge >= 0.3 is 0 Å². The Labute approximate surface area is 92.2 Å². The van der Waals surface area contributed by atoms with Gasteiger partial charge in [0, 0.05) is 12.5 Å². The molecule has 0 bridgehead atoms. The van der Waals surface area contributed by atoms with Crippen LogP contribution in [0.25, 0.3) is 0 Å². The highest BCUT2D eigenvalue weighted by Crippen LogP contribution is 2.26. The van der Waals surface area contributed by atoms with Gasteiger partial charge in [-0.05, 0) is 49.5 Å². The summed E-state index contributed by atoms with van der Waals surface area (Å²) in [5.41, 5.74) is 6.07. The summed E-state index contributed by atoms with van der Waals surface area (Å²) in [4.78, 5) is 0. The topological polar surface area (TPSA) is 26.0 Å². The molecule has 14 heavy (non-hydrogen) atoms. The molecule has 0 amide bonds. The number of hydrogen-bond donors (Lipinski definition) is 1. The van der Waals surface area contributed by atoms with E-state index in [1.807, 2.05) is 0 Å². The second kappa shape index (κ2) is 7.20. The minimum Gasteiger partial charge on any atom is -0.328 e. The van der Waals surface area contributed by atoms with Crippen LogP contribution in [0.5, 0.6) is 0 Å². The van der Waals surface area contributed by atoms with Crippen molar-refractivity contribution in [3.05, 3.63) is 0 Å². The minimum atomic E-state index is 0.386. The molecule has 1 unspecified atom stereocenters. The second-order valence-corrected chi connectivity index (χ2v) is 5.37. The van der Waals surface area contributed by atoms with Crippen LogP contribution in [0.2, 0.25) is 0 Å². The molecule has 1 aliphatic rings. The Morgan fingerprint density at radius 2 is 2.14 bits per heavy atom. The maximum atomic E-state index is 6.07. The van der Waals surface area contributed by atoms with E-state index in [-0.39, 0.29) is 0 Å². The standard InChI is InChI=1S/C12H21NS/c1-2-3-4-5-12(13)10-11-6-8-14-9-7-11/h1,11-12H,3-10,13H2. The Hall–Kier alpha value is -0.130. The number of unbranched alkanes of at least 4 members (excludes halogenated alkanes) is 1. The van der Waals surface area contributed by atoms with Crippen molar-refractivity contribution in [3.63, 3.8) is 0 Å². The average Bonchev–Trinajstić information content (AvgIpc) is 2.20. The van der Waals surface area contributed by atoms with Gasteiger partial charge in [-0.2, -0.15) is 11.8 Å². The largest absolute Gasteiger partial charge is 0.328 e. The van der Waals surface area contributed by atoms with E-state index in [1.54, 1.807) is 0 Å². The minimum absolute atomic E-state index is 0.386. The van der Waals surface area contributed by atoms with Crippen LogP contribution in [0.4, 0.5) is 0 Å². The molecule has 80 valence electrons. The lowest BCUT2D eigenvalue weighted by atomic mass is 9.92. The molecular formula is C12H21NS. The molecule has 2 N–H and O–H groups in total. The fourth-order valence-corrected chi connectivity index (χ4v) is 3.20. The predicted octanol–water partition coefficient (Wildman–Crippen LogP) is 2.65. The zero-order chi connectivity index (χ0) is 10.2. The number of rotatable bonds is 5. The Morgan fingerprint density at radius 1 is 1.43 bits per heavy atom. The quantitative estimate of drug-likeness (QED) is 0.559. The van der Waals surface area contributed by atoms with Crippen molar-refractivity contribution < 1.29 is 0 Å². The Kier molecular flexibility index (Phi) is 6.14. The molecule has 1 atom stereocenters. The zero-order valence-corrected chi connectivity index (χ0v) is 9.69. The molecule has 0 aromatic heterocycles. The highest BCUT2D eigenvalue weighted by Gasteiger charge is 2.16. The van der Waals surface area contributed by atoms with E-state index >= 15 is 0 Å². The summed E-state index contributed by atoms with van der Waals surface area (Å²) in [6, 6.07) is 0.386. The molecule has 0 saturated carbocycles. The van der Waals surface area contributed by atoms with Crippen LogP contribution in [0.15, 0.2) is 0 Å². The van der Waals surface area contributed by atoms with Gasteiger partial charge in [-0.25, -0.2) is 0 Å². The summed E-state index contributed by atoms with van der Waals surface area (Å²) < 4.78 is 0. The van der Waals surface area contributed by atoms with Gasteiger partial charge in [0.25, 0.3) is 0 Å². The van der Waals surface area contributed by atoms with Gasteiger partial charge in [-0.15, -0.1) is 12.3 Å². The van der Waals surface area contributed by atoms with Gasteiger partial charge < -0.3 is 5.73 Å². The molecule has 2 heteroatoms. The first-order valence-electron chi connectivity index (χ1n) is 5.59. The zero-order valence-electron chi connectivity index (χ0n) is 8.87. The number of terminal acetylenes is 1. The van der Waals surface area contributed by atoms with Crippen molar-refractivity contribution in [3.8, 4) is 12.3 Å². The molecule has 0 radical (unpaired) electrons. The van der Waals surface area contributed by atoms with Gasteiger partial charge in [0.05, 0.1) is 0 Å². The lowest BCUT2D eigenvalue weighted by molar-refractivity contribution is 0.392. The van der Waals surface area contributed by atoms with E-state index in [0.29, 0.717) is 6.04 Å². The summed E-state index contributed by atoms with van der Waals surface area (Å²) in [5, 5.41) is 0. The Morgan fingerprint density at radius 3 is 2.79 bits per heavy atom. The Balaban J connectivity index is 2.06. The lowest BCUT2D eigenvalue weighted by Gasteiger charge is -2.24. The van der Waals surface area contributed by atoms with Crippen molar-refractivity contribution in [1.82, 2.24) is 0 Å². The van der Waals surface area contributed by atoms with Crippen molar-refractivity contribution in [1.29, 1.82) is 0 Å². The molecule has 1 nitrogen and oxygen atoms in total. The fourth-order valence-electron chi connectivity index (χ4n) is 1.99. The van der Waals surface area contributed by atoms with E-state index in [0.717, 1.165) is 25.2 Å². The van der Waals surface area contributed by atoms with Crippen molar-refractivity contribution in [2.24, 2.45) is 11.7 Å². The molecule has 0 spiro atoms. The highest BCUT2D eigenvalue weighted by molar-refractivity contribution is 7.99. The third-order valence-electron chi connectivity index (χ3n) is 2.87. The maximum absolute atomic E-state index is 6.07. The van der Waals surface area contributed by atoms with Crippen molar-refractivity contribution in [2.75, 3.05) is 11.5 Å². The van der Waals surface area contributed by atoms with Crippen LogP contribution >= 0.6 is 11.8 Å². The molecule has 0 aliphatic carbocycles. The molecule has 0 aromatic carbocycles. The van der Waals surface area contributed by atoms with Crippen LogP contribution in [0, 0.1) is 18.3 Å². The first-order chi connectivity index (χ1) is 6.83. The third-order valence-corrected chi connectivity index (χ3v) is 3.92. The van der Waals surface area contributed by atoms with Crippen molar-refractivity contribution in [2.45, 2.75) is 44.6 Å². The summed E-state index contributed by atoms with van der Waals surface area (Å²) in [6.45, 7) is 0. The van der Waals surface area contributed by atoms with E-state index < -0.39 is 0 Å². The monoisotopic (exact) mass is 211 g/mol. The van der Waals surface area contributed by atoms with Gasteiger partial charge in [0.2, 0.25) is 0 Å². The summed E-state index contributed by atoms with van der Waals surface area (Å²) in [6.07, 6.45) is 12.2. The third kappa shape index (κ3) is 4.93. The molecule has 1 fully saturated rings. The van der Waals surface area contributed by atoms with Gasteiger partial charge in [0.1, 0.15) is 0 Å². The van der Waals surface area contributed by atoms with Gasteiger partial charge in [0.15, 0.2) is 0 Å². The van der Waals surface area contributed by atoms with Gasteiger partial charge in [-0.1, -0.05) is 0 Å². The molecular weight excluding hydrogens is 190 g/mol. The van der Waals surface area contributed by atoms with E-state index in [4.69, 9.17) is 12.2 Å². The highest BCUT2D eigenvalue weighted by atomic mass is 32.2. The number of thioether (sulfide) groups is 1. The molecule has 0 aromatic rings. The SMILES string of the molecule is C#CCCCC(N)CC1CCSCC1. The summed E-state index contributed by atoms with van der Waals surface area (Å²) in [5.74, 6) is 6.22. The predicted molar refractivity (Wildman–Crippen MR) is 65.3 cm³/mol. The van der Waals surface area contributed by atoms with Crippen LogP contribution in [0.3, 0.4) is 0 Å². The molecule has 1 saturated heterocycles. The maximum Gasteiger partial charge on any atom is 0.00866 e. The Bertz CT molecular complexity index is 179. The van der Waals surface area contributed by atoms with Crippen LogP contribution in [0.1, 0.15) is 38.5 Å². The smallest absolute Gasteiger partial charge is 0.00866 e. The summed E-state index contributed by atoms with van der Waals surface area (Å²) >= 11 is 2.08. The van der Waals surface area contributed by atoms with Crippen LogP contribution < -0.4 is 5.73 Å². The molecule has 1 aliphatic heterocycles. The second-order valence-electron chi connectivity index (χ2n) is 4.15. The van der Waals surface area contributed by atoms with Crippen LogP contribution in [-0.4, -0.2) is 17.5 Å².